The van der Waals surface area contributed by atoms with E-state index in [2.05, 4.69) is 35.6 Å². The molecule has 7 nitrogen and oxygen atoms in total. The summed E-state index contributed by atoms with van der Waals surface area (Å²) < 4.78 is 23.5. The van der Waals surface area contributed by atoms with Crippen molar-refractivity contribution >= 4 is 16.9 Å². The number of benzene rings is 2. The van der Waals surface area contributed by atoms with Gasteiger partial charge in [-0.05, 0) is 76.1 Å². The summed E-state index contributed by atoms with van der Waals surface area (Å²) in [5, 5.41) is 5.63. The van der Waals surface area contributed by atoms with Gasteiger partial charge in [-0.25, -0.2) is 19.0 Å². The normalized spacial score (nSPS) is 24.0. The summed E-state index contributed by atoms with van der Waals surface area (Å²) in [6, 6.07) is 17.2. The molecule has 2 N–H and O–H groups in total. The lowest BCUT2D eigenvalue weighted by atomic mass is 9.96. The van der Waals surface area contributed by atoms with Crippen molar-refractivity contribution in [2.75, 3.05) is 12.3 Å². The molecule has 3 unspecified atom stereocenters. The molecule has 1 saturated heterocycles. The summed E-state index contributed by atoms with van der Waals surface area (Å²) >= 11 is 0. The van der Waals surface area contributed by atoms with Crippen molar-refractivity contribution < 1.29 is 9.13 Å². The third-order valence-corrected chi connectivity index (χ3v) is 8.42. The van der Waals surface area contributed by atoms with Gasteiger partial charge in [0.1, 0.15) is 35.5 Å². The maximum absolute atomic E-state index is 15.8. The van der Waals surface area contributed by atoms with Gasteiger partial charge in [-0.2, -0.15) is 5.10 Å². The number of alkyl halides is 1. The summed E-state index contributed by atoms with van der Waals surface area (Å²) in [7, 11) is 0. The molecule has 0 amide bonds. The fraction of sp³-hybridized carbons (Fsp3) is 0.414. The van der Waals surface area contributed by atoms with Crippen molar-refractivity contribution in [3.05, 3.63) is 60.9 Å². The smallest absolute Gasteiger partial charge is 0.164 e. The Morgan fingerprint density at radius 1 is 1.05 bits per heavy atom. The number of hydrogen-bond acceptors (Lipinski definition) is 6. The third kappa shape index (κ3) is 4.03. The van der Waals surface area contributed by atoms with E-state index >= 15 is 4.39 Å². The summed E-state index contributed by atoms with van der Waals surface area (Å²) in [4.78, 5) is 11.3. The third-order valence-electron chi connectivity index (χ3n) is 8.42. The van der Waals surface area contributed by atoms with Crippen LogP contribution in [0.3, 0.4) is 0 Å². The lowest BCUT2D eigenvalue weighted by molar-refractivity contribution is 0.0911. The first kappa shape index (κ1) is 23.9. The number of hydrogen-bond donors (Lipinski definition) is 1. The summed E-state index contributed by atoms with van der Waals surface area (Å²) in [5.41, 5.74) is 8.50. The average Bonchev–Trinajstić information content (AvgIpc) is 3.57. The Morgan fingerprint density at radius 2 is 1.78 bits per heavy atom. The number of para-hydroxylation sites is 1. The second kappa shape index (κ2) is 9.10. The number of anilines is 1. The molecule has 4 aromatic rings. The van der Waals surface area contributed by atoms with Crippen molar-refractivity contribution in [3.63, 3.8) is 0 Å². The minimum atomic E-state index is -1.00. The van der Waals surface area contributed by atoms with Crippen molar-refractivity contribution in [1.29, 1.82) is 0 Å². The van der Waals surface area contributed by atoms with E-state index in [0.29, 0.717) is 29.0 Å². The first-order valence-electron chi connectivity index (χ1n) is 13.1. The average molecular weight is 501 g/mol. The molecule has 3 heterocycles. The van der Waals surface area contributed by atoms with Crippen molar-refractivity contribution in [3.8, 4) is 22.8 Å². The molecule has 8 heteroatoms. The van der Waals surface area contributed by atoms with Crippen LogP contribution in [0.5, 0.6) is 11.5 Å². The highest BCUT2D eigenvalue weighted by Gasteiger charge is 2.53. The van der Waals surface area contributed by atoms with Crippen LogP contribution in [0.15, 0.2) is 60.9 Å². The molecule has 0 bridgehead atoms. The molecular weight excluding hydrogens is 467 g/mol. The van der Waals surface area contributed by atoms with Gasteiger partial charge in [-0.3, -0.25) is 4.90 Å². The number of likely N-dealkylation sites (tertiary alicyclic amines) is 1. The van der Waals surface area contributed by atoms with Gasteiger partial charge in [0.2, 0.25) is 0 Å². The number of rotatable bonds is 6. The van der Waals surface area contributed by atoms with Gasteiger partial charge >= 0.3 is 0 Å². The van der Waals surface area contributed by atoms with Gasteiger partial charge < -0.3 is 10.5 Å². The van der Waals surface area contributed by atoms with Crippen LogP contribution >= 0.6 is 0 Å². The SMILES string of the molecule is CCC(C)(C)N1CC[C@H]2C1CC(F)C2n1nc(-c2ccc(Oc3ccccc3)cc2)c2c(N)ncnc21. The molecule has 0 radical (unpaired) electrons. The Balaban J connectivity index is 1.37. The number of aromatic nitrogens is 4. The first-order chi connectivity index (χ1) is 17.9. The van der Waals surface area contributed by atoms with Gasteiger partial charge in [0.05, 0.1) is 11.4 Å². The molecule has 2 aromatic carbocycles. The number of nitrogens with two attached hydrogens (primary N) is 1. The van der Waals surface area contributed by atoms with E-state index in [4.69, 9.17) is 15.6 Å². The highest BCUT2D eigenvalue weighted by atomic mass is 19.1. The lowest BCUT2D eigenvalue weighted by Gasteiger charge is -2.39. The van der Waals surface area contributed by atoms with Gasteiger partial charge in [0.15, 0.2) is 5.65 Å². The van der Waals surface area contributed by atoms with E-state index in [1.807, 2.05) is 54.6 Å². The van der Waals surface area contributed by atoms with Crippen LogP contribution in [0.25, 0.3) is 22.3 Å². The van der Waals surface area contributed by atoms with Crippen LogP contribution in [0, 0.1) is 5.92 Å². The monoisotopic (exact) mass is 500 g/mol. The predicted octanol–water partition coefficient (Wildman–Crippen LogP) is 6.03. The van der Waals surface area contributed by atoms with Crippen LogP contribution in [0.4, 0.5) is 10.2 Å². The molecule has 4 atom stereocenters. The molecule has 37 heavy (non-hydrogen) atoms. The van der Waals surface area contributed by atoms with Gasteiger partial charge in [-0.15, -0.1) is 0 Å². The van der Waals surface area contributed by atoms with Gasteiger partial charge in [-0.1, -0.05) is 25.1 Å². The first-order valence-corrected chi connectivity index (χ1v) is 13.1. The number of nitrogen functional groups attached to an aromatic ring is 1. The Hall–Kier alpha value is -3.52. The quantitative estimate of drug-likeness (QED) is 0.348. The molecular formula is C29H33FN6O. The number of nitrogens with zero attached hydrogens (tertiary/aromatic N) is 5. The molecule has 192 valence electrons. The molecule has 2 fully saturated rings. The Morgan fingerprint density at radius 3 is 2.51 bits per heavy atom. The standard InChI is InChI=1S/C29H33FN6O/c1-4-29(2,3)35-15-14-21-23(35)16-22(30)26(21)36-28-24(27(31)32-17-33-28)25(34-36)18-10-12-20(13-11-18)37-19-8-6-5-7-9-19/h5-13,17,21-23,26H,4,14-16H2,1-3H3,(H2,31,32,33)/t21-,22?,23?,26?/m0/s1. The van der Waals surface area contributed by atoms with Crippen molar-refractivity contribution in [1.82, 2.24) is 24.6 Å². The Labute approximate surface area is 216 Å². The number of ether oxygens (including phenoxy) is 1. The highest BCUT2D eigenvalue weighted by molar-refractivity contribution is 5.98. The lowest BCUT2D eigenvalue weighted by Crippen LogP contribution is -2.46. The fourth-order valence-electron chi connectivity index (χ4n) is 6.22. The summed E-state index contributed by atoms with van der Waals surface area (Å²) in [6.45, 7) is 7.70. The molecule has 2 aliphatic rings. The van der Waals surface area contributed by atoms with E-state index in [1.54, 1.807) is 4.68 Å². The van der Waals surface area contributed by atoms with E-state index in [1.165, 1.54) is 6.33 Å². The van der Waals surface area contributed by atoms with Crippen LogP contribution in [0.1, 0.15) is 46.1 Å². The second-order valence-corrected chi connectivity index (χ2v) is 10.8. The van der Waals surface area contributed by atoms with E-state index < -0.39 is 6.17 Å². The largest absolute Gasteiger partial charge is 0.457 e. The summed E-state index contributed by atoms with van der Waals surface area (Å²) in [5.74, 6) is 2.01. The maximum Gasteiger partial charge on any atom is 0.164 e. The molecule has 0 spiro atoms. The topological polar surface area (TPSA) is 82.1 Å². The van der Waals surface area contributed by atoms with Crippen LogP contribution in [0.2, 0.25) is 0 Å². The van der Waals surface area contributed by atoms with Crippen molar-refractivity contribution in [2.45, 2.75) is 63.8 Å². The second-order valence-electron chi connectivity index (χ2n) is 10.8. The van der Waals surface area contributed by atoms with Crippen LogP contribution < -0.4 is 10.5 Å². The van der Waals surface area contributed by atoms with E-state index in [9.17, 15) is 0 Å². The van der Waals surface area contributed by atoms with E-state index in [0.717, 1.165) is 36.4 Å². The van der Waals surface area contributed by atoms with Crippen LogP contribution in [-0.2, 0) is 0 Å². The van der Waals surface area contributed by atoms with Gasteiger partial charge in [0, 0.05) is 23.1 Å². The zero-order valence-electron chi connectivity index (χ0n) is 21.5. The molecule has 2 aromatic heterocycles. The van der Waals surface area contributed by atoms with Crippen LogP contribution in [-0.4, -0.2) is 48.9 Å². The zero-order valence-corrected chi connectivity index (χ0v) is 21.5. The molecule has 6 rings (SSSR count). The number of fused-ring (bicyclic) bond motifs is 2. The summed E-state index contributed by atoms with van der Waals surface area (Å²) in [6.07, 6.45) is 2.93. The molecule has 1 aliphatic heterocycles. The highest BCUT2D eigenvalue weighted by Crippen LogP contribution is 2.50. The van der Waals surface area contributed by atoms with Crippen molar-refractivity contribution in [2.24, 2.45) is 5.92 Å². The Bertz CT molecular complexity index is 1400. The van der Waals surface area contributed by atoms with Gasteiger partial charge in [0.25, 0.3) is 0 Å². The molecule has 1 saturated carbocycles. The zero-order chi connectivity index (χ0) is 25.7. The minimum Gasteiger partial charge on any atom is -0.457 e. The minimum absolute atomic E-state index is 0.0432. The predicted molar refractivity (Wildman–Crippen MR) is 143 cm³/mol. The Kier molecular flexibility index (Phi) is 5.87. The van der Waals surface area contributed by atoms with E-state index in [-0.39, 0.29) is 23.5 Å². The fourth-order valence-corrected chi connectivity index (χ4v) is 6.22. The maximum atomic E-state index is 15.8. The molecule has 1 aliphatic carbocycles. The number of halogens is 1.